The van der Waals surface area contributed by atoms with Crippen molar-refractivity contribution in [1.29, 1.82) is 0 Å². The lowest BCUT2D eigenvalue weighted by Crippen LogP contribution is -2.70. The first kappa shape index (κ1) is 27.8. The Hall–Kier alpha value is -2.74. The van der Waals surface area contributed by atoms with Crippen LogP contribution < -0.4 is 5.32 Å². The van der Waals surface area contributed by atoms with E-state index in [-0.39, 0.29) is 30.4 Å². The highest BCUT2D eigenvalue weighted by Gasteiger charge is 2.55. The lowest BCUT2D eigenvalue weighted by atomic mass is 10.0. The van der Waals surface area contributed by atoms with Crippen molar-refractivity contribution in [1.82, 2.24) is 10.2 Å². The molecule has 2 aliphatic heterocycles. The summed E-state index contributed by atoms with van der Waals surface area (Å²) in [5.41, 5.74) is 0.549. The highest BCUT2D eigenvalue weighted by molar-refractivity contribution is 8.00. The summed E-state index contributed by atoms with van der Waals surface area (Å²) < 4.78 is 13.2. The van der Waals surface area contributed by atoms with Crippen LogP contribution in [-0.2, 0) is 35.2 Å². The Labute approximate surface area is 223 Å². The minimum Gasteiger partial charge on any atom is -0.461 e. The number of nitrogens with zero attached hydrogens (tertiary/aromatic N) is 2. The van der Waals surface area contributed by atoms with Crippen molar-refractivity contribution in [3.8, 4) is 0 Å². The number of alkyl halides is 3. The molecule has 1 N–H and O–H groups in total. The summed E-state index contributed by atoms with van der Waals surface area (Å²) in [5.74, 6) is -1.98. The van der Waals surface area contributed by atoms with Gasteiger partial charge in [-0.3, -0.25) is 24.6 Å². The molecule has 1 aromatic carbocycles. The third kappa shape index (κ3) is 6.93. The predicted molar refractivity (Wildman–Crippen MR) is 128 cm³/mol. The molecule has 16 heteroatoms. The van der Waals surface area contributed by atoms with E-state index in [0.717, 1.165) is 4.90 Å². The summed E-state index contributed by atoms with van der Waals surface area (Å²) >= 11 is 18.1. The van der Waals surface area contributed by atoms with Crippen LogP contribution in [0.1, 0.15) is 12.5 Å². The van der Waals surface area contributed by atoms with E-state index in [4.69, 9.17) is 49.0 Å². The molecule has 12 nitrogen and oxygen atoms in total. The van der Waals surface area contributed by atoms with Gasteiger partial charge in [0.05, 0.1) is 4.92 Å². The van der Waals surface area contributed by atoms with Gasteiger partial charge in [0.1, 0.15) is 36.9 Å². The SMILES string of the molecule is CC(=O)OCC1=C(C(=O)OCC(Cl)(Cl)Cl)N2C(=O)C(NC(=O)OCc3ccc([N+](=O)[O-])cc3)[C@H]2SC1. The number of alkyl carbamates (subject to hydrolysis) is 1. The number of thioether (sulfide) groups is 1. The fourth-order valence-electron chi connectivity index (χ4n) is 3.22. The number of ether oxygens (including phenoxy) is 3. The monoisotopic (exact) mass is 581 g/mol. The fourth-order valence-corrected chi connectivity index (χ4v) is 4.71. The van der Waals surface area contributed by atoms with E-state index in [0.29, 0.717) is 11.1 Å². The van der Waals surface area contributed by atoms with Crippen LogP contribution >= 0.6 is 46.6 Å². The standard InChI is InChI=1S/C20H18Cl3N3O9S/c1-10(27)33-7-12-8-36-17-14(16(28)25(17)15(12)18(29)35-9-20(21,22)23)24-19(30)34-6-11-2-4-13(5-3-11)26(31)32/h2-5,14,17H,6-9H2,1H3,(H,24,30)/t14?,17-/m1/s1. The Kier molecular flexibility index (Phi) is 8.93. The van der Waals surface area contributed by atoms with Crippen LogP contribution in [0.2, 0.25) is 0 Å². The van der Waals surface area contributed by atoms with Crippen molar-refractivity contribution in [3.63, 3.8) is 0 Å². The Morgan fingerprint density at radius 1 is 1.17 bits per heavy atom. The zero-order valence-corrected chi connectivity index (χ0v) is 21.5. The molecule has 1 aromatic rings. The van der Waals surface area contributed by atoms with Gasteiger partial charge in [-0.25, -0.2) is 9.59 Å². The lowest BCUT2D eigenvalue weighted by molar-refractivity contribution is -0.384. The predicted octanol–water partition coefficient (Wildman–Crippen LogP) is 2.84. The van der Waals surface area contributed by atoms with Crippen LogP contribution in [0.4, 0.5) is 10.5 Å². The normalized spacial score (nSPS) is 19.1. The molecular formula is C20H18Cl3N3O9S. The van der Waals surface area contributed by atoms with Crippen LogP contribution in [0, 0.1) is 10.1 Å². The van der Waals surface area contributed by atoms with Gasteiger partial charge in [0, 0.05) is 30.4 Å². The molecule has 2 amide bonds. The number of amides is 2. The Balaban J connectivity index is 1.65. The van der Waals surface area contributed by atoms with Crippen LogP contribution in [0.5, 0.6) is 0 Å². The molecule has 0 radical (unpaired) electrons. The molecular weight excluding hydrogens is 565 g/mol. The summed E-state index contributed by atoms with van der Waals surface area (Å²) in [5, 5.41) is 12.5. The van der Waals surface area contributed by atoms with Crippen molar-refractivity contribution in [2.24, 2.45) is 0 Å². The molecule has 1 unspecified atom stereocenters. The van der Waals surface area contributed by atoms with Crippen LogP contribution in [0.15, 0.2) is 35.5 Å². The summed E-state index contributed by atoms with van der Waals surface area (Å²) in [6, 6.07) is 4.40. The van der Waals surface area contributed by atoms with E-state index in [1.807, 2.05) is 0 Å². The third-order valence-corrected chi connectivity index (χ3v) is 6.51. The van der Waals surface area contributed by atoms with Gasteiger partial charge in [0.15, 0.2) is 0 Å². The number of nitro groups is 1. The van der Waals surface area contributed by atoms with Crippen molar-refractivity contribution in [3.05, 3.63) is 51.2 Å². The molecule has 3 rings (SSSR count). The molecule has 0 saturated carbocycles. The number of esters is 2. The van der Waals surface area contributed by atoms with Gasteiger partial charge in [0.25, 0.3) is 11.6 Å². The lowest BCUT2D eigenvalue weighted by Gasteiger charge is -2.49. The molecule has 2 aliphatic rings. The number of benzene rings is 1. The molecule has 1 saturated heterocycles. The first-order valence-corrected chi connectivity index (χ1v) is 12.3. The number of carbonyl (C=O) groups excluding carboxylic acids is 4. The quantitative estimate of drug-likeness (QED) is 0.121. The maximum Gasteiger partial charge on any atom is 0.408 e. The van der Waals surface area contributed by atoms with E-state index in [1.54, 1.807) is 0 Å². The number of non-ortho nitro benzene ring substituents is 1. The van der Waals surface area contributed by atoms with Crippen molar-refractivity contribution < 1.29 is 38.3 Å². The van der Waals surface area contributed by atoms with E-state index in [2.05, 4.69) is 5.32 Å². The zero-order chi connectivity index (χ0) is 26.6. The zero-order valence-electron chi connectivity index (χ0n) is 18.4. The van der Waals surface area contributed by atoms with Crippen molar-refractivity contribution in [2.75, 3.05) is 19.0 Å². The number of β-lactam (4-membered cyclic amide) rings is 1. The second-order valence-electron chi connectivity index (χ2n) is 7.46. The molecule has 2 heterocycles. The van der Waals surface area contributed by atoms with Gasteiger partial charge in [-0.05, 0) is 17.7 Å². The van der Waals surface area contributed by atoms with E-state index >= 15 is 0 Å². The highest BCUT2D eigenvalue weighted by Crippen LogP contribution is 2.41. The number of nitrogens with one attached hydrogen (secondary N) is 1. The molecule has 194 valence electrons. The Bertz CT molecular complexity index is 1110. The summed E-state index contributed by atoms with van der Waals surface area (Å²) in [6.45, 7) is 0.161. The average molecular weight is 583 g/mol. The Morgan fingerprint density at radius 2 is 1.83 bits per heavy atom. The van der Waals surface area contributed by atoms with Gasteiger partial charge >= 0.3 is 18.0 Å². The molecule has 2 atom stereocenters. The minimum absolute atomic E-state index is 0.109. The molecule has 0 aliphatic carbocycles. The van der Waals surface area contributed by atoms with Crippen molar-refractivity contribution >= 4 is 76.2 Å². The number of hydrogen-bond acceptors (Lipinski definition) is 10. The first-order valence-electron chi connectivity index (χ1n) is 10.1. The van der Waals surface area contributed by atoms with Crippen LogP contribution in [0.3, 0.4) is 0 Å². The minimum atomic E-state index is -1.88. The van der Waals surface area contributed by atoms with Gasteiger partial charge in [-0.1, -0.05) is 34.8 Å². The molecule has 0 spiro atoms. The van der Waals surface area contributed by atoms with E-state index in [9.17, 15) is 29.3 Å². The number of rotatable bonds is 8. The number of carbonyl (C=O) groups is 4. The maximum absolute atomic E-state index is 12.9. The fraction of sp³-hybridized carbons (Fsp3) is 0.400. The smallest absolute Gasteiger partial charge is 0.408 e. The second-order valence-corrected chi connectivity index (χ2v) is 11.1. The highest BCUT2D eigenvalue weighted by atomic mass is 35.6. The largest absolute Gasteiger partial charge is 0.461 e. The Morgan fingerprint density at radius 3 is 2.42 bits per heavy atom. The van der Waals surface area contributed by atoms with E-state index in [1.165, 1.54) is 43.0 Å². The van der Waals surface area contributed by atoms with Crippen LogP contribution in [-0.4, -0.2) is 67.9 Å². The molecule has 0 aromatic heterocycles. The van der Waals surface area contributed by atoms with Gasteiger partial charge in [-0.2, -0.15) is 0 Å². The molecule has 1 fully saturated rings. The third-order valence-electron chi connectivity index (χ3n) is 4.85. The number of hydrogen-bond donors (Lipinski definition) is 1. The summed E-state index contributed by atoms with van der Waals surface area (Å²) in [7, 11) is 0. The number of fused-ring (bicyclic) bond motifs is 1. The molecule has 36 heavy (non-hydrogen) atoms. The first-order chi connectivity index (χ1) is 16.9. The second kappa shape index (κ2) is 11.5. The molecule has 0 bridgehead atoms. The van der Waals surface area contributed by atoms with Gasteiger partial charge in [0.2, 0.25) is 3.79 Å². The van der Waals surface area contributed by atoms with Gasteiger partial charge in [-0.15, -0.1) is 11.8 Å². The average Bonchev–Trinajstić information content (AvgIpc) is 2.82. The van der Waals surface area contributed by atoms with Gasteiger partial charge < -0.3 is 19.5 Å². The summed E-state index contributed by atoms with van der Waals surface area (Å²) in [6.07, 6.45) is -0.901. The summed E-state index contributed by atoms with van der Waals surface area (Å²) in [4.78, 5) is 60.4. The van der Waals surface area contributed by atoms with E-state index < -0.39 is 50.7 Å². The number of halogens is 3. The maximum atomic E-state index is 12.9. The topological polar surface area (TPSA) is 154 Å². The van der Waals surface area contributed by atoms with Crippen molar-refractivity contribution in [2.45, 2.75) is 28.7 Å². The van der Waals surface area contributed by atoms with Crippen LogP contribution in [0.25, 0.3) is 0 Å². The number of nitro benzene ring substituents is 1.